The summed E-state index contributed by atoms with van der Waals surface area (Å²) in [6.45, 7) is 7.01. The van der Waals surface area contributed by atoms with Crippen LogP contribution in [0.1, 0.15) is 52.9 Å². The average Bonchev–Trinajstić information content (AvgIpc) is 2.37. The van der Waals surface area contributed by atoms with E-state index in [9.17, 15) is 14.4 Å². The van der Waals surface area contributed by atoms with Gasteiger partial charge in [-0.05, 0) is 33.6 Å². The Hall–Kier alpha value is -1.59. The molecule has 0 aliphatic rings. The molecule has 1 unspecified atom stereocenters. The van der Waals surface area contributed by atoms with Gasteiger partial charge in [-0.1, -0.05) is 0 Å². The molecule has 6 heteroatoms. The van der Waals surface area contributed by atoms with Gasteiger partial charge in [-0.15, -0.1) is 0 Å². The van der Waals surface area contributed by atoms with Crippen molar-refractivity contribution in [2.24, 2.45) is 0 Å². The first kappa shape index (κ1) is 18.4. The second kappa shape index (κ2) is 10.2. The fraction of sp³-hybridized carbons (Fsp3) is 0.786. The Morgan fingerprint density at radius 3 is 2.20 bits per heavy atom. The highest BCUT2D eigenvalue weighted by molar-refractivity contribution is 5.79. The Morgan fingerprint density at radius 2 is 1.70 bits per heavy atom. The number of carbonyl (C=O) groups is 3. The summed E-state index contributed by atoms with van der Waals surface area (Å²) in [5, 5.41) is 11.3. The highest BCUT2D eigenvalue weighted by atomic mass is 16.4. The second-order valence-electron chi connectivity index (χ2n) is 4.82. The van der Waals surface area contributed by atoms with E-state index in [0.29, 0.717) is 38.8 Å². The summed E-state index contributed by atoms with van der Waals surface area (Å²) >= 11 is 0. The molecule has 0 aliphatic carbocycles. The molecule has 116 valence electrons. The lowest BCUT2D eigenvalue weighted by atomic mass is 10.1. The van der Waals surface area contributed by atoms with Crippen molar-refractivity contribution < 1.29 is 19.5 Å². The summed E-state index contributed by atoms with van der Waals surface area (Å²) in [5.41, 5.74) is 0. The molecule has 0 aromatic heterocycles. The van der Waals surface area contributed by atoms with Gasteiger partial charge in [-0.2, -0.15) is 0 Å². The number of carboxylic acids is 1. The van der Waals surface area contributed by atoms with Gasteiger partial charge in [0.15, 0.2) is 0 Å². The van der Waals surface area contributed by atoms with Crippen molar-refractivity contribution in [3.63, 3.8) is 0 Å². The van der Waals surface area contributed by atoms with E-state index in [-0.39, 0.29) is 24.3 Å². The zero-order chi connectivity index (χ0) is 15.5. The SMILES string of the molecule is CCN(CC)C(=O)CCCC(=O)NC(C)CCC(=O)O. The highest BCUT2D eigenvalue weighted by Gasteiger charge is 2.12. The molecule has 0 saturated heterocycles. The van der Waals surface area contributed by atoms with Crippen LogP contribution in [0.2, 0.25) is 0 Å². The molecule has 0 heterocycles. The minimum Gasteiger partial charge on any atom is -0.481 e. The van der Waals surface area contributed by atoms with Gasteiger partial charge in [0.25, 0.3) is 0 Å². The van der Waals surface area contributed by atoms with Gasteiger partial charge < -0.3 is 15.3 Å². The first-order chi connectivity index (χ1) is 9.40. The largest absolute Gasteiger partial charge is 0.481 e. The van der Waals surface area contributed by atoms with Crippen molar-refractivity contribution in [1.82, 2.24) is 10.2 Å². The Bertz CT molecular complexity index is 327. The lowest BCUT2D eigenvalue weighted by molar-refractivity contribution is -0.137. The minimum atomic E-state index is -0.865. The van der Waals surface area contributed by atoms with Crippen LogP contribution in [0.25, 0.3) is 0 Å². The number of aliphatic carboxylic acids is 1. The topological polar surface area (TPSA) is 86.7 Å². The Balaban J connectivity index is 3.83. The average molecular weight is 286 g/mol. The van der Waals surface area contributed by atoms with Gasteiger partial charge in [0.05, 0.1) is 0 Å². The standard InChI is InChI=1S/C14H26N2O4/c1-4-16(5-2)13(18)8-6-7-12(17)15-11(3)9-10-14(19)20/h11H,4-10H2,1-3H3,(H,15,17)(H,19,20). The third-order valence-corrected chi connectivity index (χ3v) is 3.11. The first-order valence-corrected chi connectivity index (χ1v) is 7.19. The van der Waals surface area contributed by atoms with E-state index >= 15 is 0 Å². The summed E-state index contributed by atoms with van der Waals surface area (Å²) in [4.78, 5) is 35.5. The molecule has 0 aromatic carbocycles. The molecular weight excluding hydrogens is 260 g/mol. The molecule has 20 heavy (non-hydrogen) atoms. The molecule has 0 rings (SSSR count). The molecule has 0 saturated carbocycles. The third-order valence-electron chi connectivity index (χ3n) is 3.11. The van der Waals surface area contributed by atoms with E-state index in [1.54, 1.807) is 11.8 Å². The maximum absolute atomic E-state index is 11.7. The number of rotatable bonds is 10. The summed E-state index contributed by atoms with van der Waals surface area (Å²) in [5.74, 6) is -0.923. The summed E-state index contributed by atoms with van der Waals surface area (Å²) in [7, 11) is 0. The molecule has 0 aromatic rings. The lowest BCUT2D eigenvalue weighted by Gasteiger charge is -2.18. The zero-order valence-electron chi connectivity index (χ0n) is 12.6. The van der Waals surface area contributed by atoms with Crippen molar-refractivity contribution in [3.8, 4) is 0 Å². The van der Waals surface area contributed by atoms with Gasteiger partial charge in [0, 0.05) is 38.4 Å². The van der Waals surface area contributed by atoms with Gasteiger partial charge in [0.1, 0.15) is 0 Å². The molecule has 0 bridgehead atoms. The molecule has 0 radical (unpaired) electrons. The lowest BCUT2D eigenvalue weighted by Crippen LogP contribution is -2.33. The molecule has 2 N–H and O–H groups in total. The van der Waals surface area contributed by atoms with Crippen LogP contribution in [0.5, 0.6) is 0 Å². The van der Waals surface area contributed by atoms with Crippen LogP contribution in [-0.4, -0.2) is 46.9 Å². The monoisotopic (exact) mass is 286 g/mol. The van der Waals surface area contributed by atoms with Gasteiger partial charge in [0.2, 0.25) is 11.8 Å². The minimum absolute atomic E-state index is 0.0435. The van der Waals surface area contributed by atoms with Crippen LogP contribution in [-0.2, 0) is 14.4 Å². The van der Waals surface area contributed by atoms with Gasteiger partial charge in [-0.25, -0.2) is 0 Å². The van der Waals surface area contributed by atoms with E-state index in [4.69, 9.17) is 5.11 Å². The maximum atomic E-state index is 11.7. The summed E-state index contributed by atoms with van der Waals surface area (Å²) in [6.07, 6.45) is 1.65. The first-order valence-electron chi connectivity index (χ1n) is 7.19. The fourth-order valence-corrected chi connectivity index (χ4v) is 1.89. The quantitative estimate of drug-likeness (QED) is 0.635. The van der Waals surface area contributed by atoms with Crippen LogP contribution in [0.3, 0.4) is 0 Å². The molecule has 0 aliphatic heterocycles. The van der Waals surface area contributed by atoms with Crippen LogP contribution >= 0.6 is 0 Å². The van der Waals surface area contributed by atoms with Crippen LogP contribution in [0.15, 0.2) is 0 Å². The van der Waals surface area contributed by atoms with E-state index in [0.717, 1.165) is 0 Å². The summed E-state index contributed by atoms with van der Waals surface area (Å²) in [6, 6.07) is -0.155. The van der Waals surface area contributed by atoms with Crippen LogP contribution in [0.4, 0.5) is 0 Å². The van der Waals surface area contributed by atoms with Gasteiger partial charge >= 0.3 is 5.97 Å². The van der Waals surface area contributed by atoms with Crippen LogP contribution in [0, 0.1) is 0 Å². The van der Waals surface area contributed by atoms with E-state index in [2.05, 4.69) is 5.32 Å². The molecular formula is C14H26N2O4. The predicted molar refractivity (Wildman–Crippen MR) is 76.3 cm³/mol. The van der Waals surface area contributed by atoms with E-state index in [1.807, 2.05) is 13.8 Å². The molecule has 6 nitrogen and oxygen atoms in total. The van der Waals surface area contributed by atoms with E-state index in [1.165, 1.54) is 0 Å². The predicted octanol–water partition coefficient (Wildman–Crippen LogP) is 1.39. The molecule has 2 amide bonds. The number of amides is 2. The van der Waals surface area contributed by atoms with E-state index < -0.39 is 5.97 Å². The molecule has 1 atom stereocenters. The smallest absolute Gasteiger partial charge is 0.303 e. The second-order valence-corrected chi connectivity index (χ2v) is 4.82. The van der Waals surface area contributed by atoms with Crippen molar-refractivity contribution in [2.75, 3.05) is 13.1 Å². The number of carbonyl (C=O) groups excluding carboxylic acids is 2. The van der Waals surface area contributed by atoms with Crippen molar-refractivity contribution in [3.05, 3.63) is 0 Å². The summed E-state index contributed by atoms with van der Waals surface area (Å²) < 4.78 is 0. The maximum Gasteiger partial charge on any atom is 0.303 e. The van der Waals surface area contributed by atoms with Gasteiger partial charge in [-0.3, -0.25) is 14.4 Å². The highest BCUT2D eigenvalue weighted by Crippen LogP contribution is 2.02. The number of nitrogens with one attached hydrogen (secondary N) is 1. The molecule has 0 fully saturated rings. The normalized spacial score (nSPS) is 11.8. The zero-order valence-corrected chi connectivity index (χ0v) is 12.6. The van der Waals surface area contributed by atoms with Crippen molar-refractivity contribution >= 4 is 17.8 Å². The number of carboxylic acid groups (broad SMARTS) is 1. The third kappa shape index (κ3) is 8.50. The fourth-order valence-electron chi connectivity index (χ4n) is 1.89. The Labute approximate surface area is 120 Å². The Kier molecular flexibility index (Phi) is 9.41. The number of hydrogen-bond donors (Lipinski definition) is 2. The molecule has 0 spiro atoms. The van der Waals surface area contributed by atoms with Crippen molar-refractivity contribution in [1.29, 1.82) is 0 Å². The van der Waals surface area contributed by atoms with Crippen molar-refractivity contribution in [2.45, 2.75) is 58.9 Å². The Morgan fingerprint density at radius 1 is 1.10 bits per heavy atom. The van der Waals surface area contributed by atoms with Crippen LogP contribution < -0.4 is 5.32 Å². The number of hydrogen-bond acceptors (Lipinski definition) is 3. The number of nitrogens with zero attached hydrogens (tertiary/aromatic N) is 1.